The van der Waals surface area contributed by atoms with Crippen LogP contribution in [0.15, 0.2) is 0 Å². The van der Waals surface area contributed by atoms with E-state index in [1.807, 2.05) is 14.1 Å². The molecule has 12 heavy (non-hydrogen) atoms. The van der Waals surface area contributed by atoms with Gasteiger partial charge in [0.25, 0.3) is 0 Å². The van der Waals surface area contributed by atoms with Crippen molar-refractivity contribution in [1.82, 2.24) is 4.90 Å². The Labute approximate surface area is 81.9 Å². The standard InChI is InChI=1S/C9H19NOSe/c1-4-5-6-7-8-12-9(11)10(2)3/h4-8H2,1-3H3. The van der Waals surface area contributed by atoms with Crippen LogP contribution in [0.3, 0.4) is 0 Å². The topological polar surface area (TPSA) is 20.3 Å². The third-order valence-corrected chi connectivity index (χ3v) is 3.91. The average molecular weight is 236 g/mol. The minimum absolute atomic E-state index is 0.192. The Hall–Kier alpha value is -0.0105. The molecular weight excluding hydrogens is 217 g/mol. The molecule has 0 aliphatic rings. The molecule has 0 aromatic heterocycles. The molecule has 1 amide bonds. The van der Waals surface area contributed by atoms with Crippen molar-refractivity contribution in [2.45, 2.75) is 37.9 Å². The molecule has 0 N–H and O–H groups in total. The SMILES string of the molecule is CCCCCC[Se]C(=O)N(C)C. The molecule has 72 valence electrons. The van der Waals surface area contributed by atoms with Gasteiger partial charge in [-0.3, -0.25) is 0 Å². The van der Waals surface area contributed by atoms with E-state index in [1.54, 1.807) is 4.90 Å². The van der Waals surface area contributed by atoms with Gasteiger partial charge in [0.05, 0.1) is 0 Å². The van der Waals surface area contributed by atoms with Crippen LogP contribution < -0.4 is 0 Å². The number of hydrogen-bond donors (Lipinski definition) is 0. The average Bonchev–Trinajstić information content (AvgIpc) is 2.03. The van der Waals surface area contributed by atoms with Gasteiger partial charge in [0, 0.05) is 0 Å². The first-order valence-electron chi connectivity index (χ1n) is 4.52. The fourth-order valence-electron chi connectivity index (χ4n) is 0.817. The molecule has 0 aromatic rings. The second-order valence-electron chi connectivity index (χ2n) is 3.07. The van der Waals surface area contributed by atoms with Crippen molar-refractivity contribution in [3.63, 3.8) is 0 Å². The van der Waals surface area contributed by atoms with E-state index in [4.69, 9.17) is 0 Å². The van der Waals surface area contributed by atoms with Crippen molar-refractivity contribution in [1.29, 1.82) is 0 Å². The second-order valence-corrected chi connectivity index (χ2v) is 5.26. The molecular formula is C9H19NOSe. The molecule has 0 spiro atoms. The summed E-state index contributed by atoms with van der Waals surface area (Å²) in [7, 11) is 3.66. The van der Waals surface area contributed by atoms with Gasteiger partial charge in [-0.05, 0) is 0 Å². The molecule has 0 fully saturated rings. The van der Waals surface area contributed by atoms with Crippen molar-refractivity contribution < 1.29 is 4.79 Å². The number of hydrogen-bond acceptors (Lipinski definition) is 1. The summed E-state index contributed by atoms with van der Waals surface area (Å²) in [6.07, 6.45) is 5.10. The molecule has 3 heteroatoms. The minimum atomic E-state index is 0.192. The second kappa shape index (κ2) is 7.63. The number of unbranched alkanes of at least 4 members (excludes halogenated alkanes) is 3. The molecule has 0 saturated heterocycles. The number of rotatable bonds is 6. The van der Waals surface area contributed by atoms with Crippen LogP contribution in [0.1, 0.15) is 32.6 Å². The van der Waals surface area contributed by atoms with Crippen molar-refractivity contribution in [2.75, 3.05) is 14.1 Å². The van der Waals surface area contributed by atoms with Crippen molar-refractivity contribution >= 4 is 19.8 Å². The summed E-state index contributed by atoms with van der Waals surface area (Å²) in [5.74, 6) is 0. The Morgan fingerprint density at radius 2 is 1.92 bits per heavy atom. The summed E-state index contributed by atoms with van der Waals surface area (Å²) in [5, 5.41) is 1.12. The van der Waals surface area contributed by atoms with Crippen LogP contribution in [-0.4, -0.2) is 38.8 Å². The van der Waals surface area contributed by atoms with E-state index in [9.17, 15) is 4.79 Å². The van der Waals surface area contributed by atoms with E-state index in [1.165, 1.54) is 25.7 Å². The molecule has 0 aromatic carbocycles. The Kier molecular flexibility index (Phi) is 7.62. The van der Waals surface area contributed by atoms with Gasteiger partial charge in [-0.1, -0.05) is 0 Å². The summed E-state index contributed by atoms with van der Waals surface area (Å²) in [6, 6.07) is 0. The van der Waals surface area contributed by atoms with Crippen molar-refractivity contribution in [3.05, 3.63) is 0 Å². The first-order valence-corrected chi connectivity index (χ1v) is 6.59. The Morgan fingerprint density at radius 1 is 1.25 bits per heavy atom. The zero-order valence-corrected chi connectivity index (χ0v) is 10.0. The van der Waals surface area contributed by atoms with Crippen LogP contribution in [0, 0.1) is 0 Å². The van der Waals surface area contributed by atoms with E-state index in [0.29, 0.717) is 4.81 Å². The molecule has 0 saturated carbocycles. The summed E-state index contributed by atoms with van der Waals surface area (Å²) in [6.45, 7) is 2.20. The first-order chi connectivity index (χ1) is 5.68. The Balaban J connectivity index is 3.14. The van der Waals surface area contributed by atoms with E-state index in [2.05, 4.69) is 6.92 Å². The third-order valence-electron chi connectivity index (χ3n) is 1.59. The number of carbonyl (C=O) groups is 1. The zero-order chi connectivity index (χ0) is 9.40. The fourth-order valence-corrected chi connectivity index (χ4v) is 2.46. The molecule has 0 bridgehead atoms. The van der Waals surface area contributed by atoms with Crippen LogP contribution in [0.4, 0.5) is 4.79 Å². The van der Waals surface area contributed by atoms with Gasteiger partial charge >= 0.3 is 81.5 Å². The normalized spacial score (nSPS) is 9.92. The molecule has 0 heterocycles. The Bertz CT molecular complexity index is 126. The van der Waals surface area contributed by atoms with E-state index in [-0.39, 0.29) is 15.0 Å². The van der Waals surface area contributed by atoms with Crippen LogP contribution in [0.5, 0.6) is 0 Å². The molecule has 0 atom stereocenters. The van der Waals surface area contributed by atoms with Crippen LogP contribution in [0.2, 0.25) is 5.32 Å². The maximum atomic E-state index is 11.1. The van der Waals surface area contributed by atoms with Gasteiger partial charge in [0.2, 0.25) is 0 Å². The number of nitrogens with zero attached hydrogens (tertiary/aromatic N) is 1. The number of amides is 1. The Morgan fingerprint density at radius 3 is 2.42 bits per heavy atom. The summed E-state index contributed by atoms with van der Waals surface area (Å²) in [4.78, 5) is 13.1. The maximum absolute atomic E-state index is 11.1. The monoisotopic (exact) mass is 237 g/mol. The third kappa shape index (κ3) is 6.68. The predicted octanol–water partition coefficient (Wildman–Crippen LogP) is 2.37. The summed E-state index contributed by atoms with van der Waals surface area (Å²) in [5.41, 5.74) is 0. The van der Waals surface area contributed by atoms with E-state index >= 15 is 0 Å². The van der Waals surface area contributed by atoms with Gasteiger partial charge in [-0.25, -0.2) is 0 Å². The van der Waals surface area contributed by atoms with Gasteiger partial charge in [0.1, 0.15) is 0 Å². The molecule has 0 rings (SSSR count). The van der Waals surface area contributed by atoms with Gasteiger partial charge in [0.15, 0.2) is 0 Å². The van der Waals surface area contributed by atoms with Gasteiger partial charge < -0.3 is 0 Å². The molecule has 0 unspecified atom stereocenters. The van der Waals surface area contributed by atoms with Gasteiger partial charge in [-0.2, -0.15) is 0 Å². The molecule has 0 aliphatic carbocycles. The van der Waals surface area contributed by atoms with Crippen molar-refractivity contribution in [2.24, 2.45) is 0 Å². The predicted molar refractivity (Wildman–Crippen MR) is 53.8 cm³/mol. The molecule has 0 radical (unpaired) electrons. The van der Waals surface area contributed by atoms with E-state index in [0.717, 1.165) is 5.32 Å². The van der Waals surface area contributed by atoms with Crippen LogP contribution in [-0.2, 0) is 0 Å². The fraction of sp³-hybridized carbons (Fsp3) is 0.889. The first kappa shape index (κ1) is 12.0. The van der Waals surface area contributed by atoms with Crippen molar-refractivity contribution in [3.8, 4) is 0 Å². The van der Waals surface area contributed by atoms with Gasteiger partial charge in [-0.15, -0.1) is 0 Å². The quantitative estimate of drug-likeness (QED) is 0.512. The summed E-state index contributed by atoms with van der Waals surface area (Å²) >= 11 is 0.192. The molecule has 2 nitrogen and oxygen atoms in total. The van der Waals surface area contributed by atoms with Crippen LogP contribution in [0.25, 0.3) is 0 Å². The van der Waals surface area contributed by atoms with E-state index < -0.39 is 0 Å². The van der Waals surface area contributed by atoms with Crippen LogP contribution >= 0.6 is 0 Å². The zero-order valence-electron chi connectivity index (χ0n) is 8.30. The summed E-state index contributed by atoms with van der Waals surface area (Å²) < 4.78 is 0. The number of carbonyl (C=O) groups excluding carboxylic acids is 1. The molecule has 0 aliphatic heterocycles.